The van der Waals surface area contributed by atoms with Gasteiger partial charge in [0.1, 0.15) is 17.6 Å². The number of ether oxygens (including phenoxy) is 2. The van der Waals surface area contributed by atoms with Crippen molar-refractivity contribution in [3.63, 3.8) is 0 Å². The van der Waals surface area contributed by atoms with E-state index < -0.39 is 27.9 Å². The lowest BCUT2D eigenvalue weighted by Gasteiger charge is -2.36. The monoisotopic (exact) mass is 562 g/mol. The number of pyridine rings is 1. The number of hydrogen-bond donors (Lipinski definition) is 2. The lowest BCUT2D eigenvalue weighted by molar-refractivity contribution is -0.119. The number of nitrogens with one attached hydrogen (secondary N) is 2. The zero-order chi connectivity index (χ0) is 27.4. The first kappa shape index (κ1) is 27.7. The summed E-state index contributed by atoms with van der Waals surface area (Å²) in [4.78, 5) is 37.0. The lowest BCUT2D eigenvalue weighted by atomic mass is 10.2. The molecule has 38 heavy (non-hydrogen) atoms. The van der Waals surface area contributed by atoms with Crippen molar-refractivity contribution >= 4 is 44.1 Å². The van der Waals surface area contributed by atoms with Gasteiger partial charge >= 0.3 is 0 Å². The van der Waals surface area contributed by atoms with E-state index in [1.807, 2.05) is 32.0 Å². The second-order valence-corrected chi connectivity index (χ2v) is 11.8. The van der Waals surface area contributed by atoms with Gasteiger partial charge in [0.25, 0.3) is 11.8 Å². The summed E-state index contributed by atoms with van der Waals surface area (Å²) in [5, 5.41) is 7.42. The molecule has 3 aromatic rings. The van der Waals surface area contributed by atoms with Crippen LogP contribution in [0.3, 0.4) is 0 Å². The molecular formula is C24H30N6O6S2. The van der Waals surface area contributed by atoms with Gasteiger partial charge in [0.2, 0.25) is 10.0 Å². The Bertz CT molecular complexity index is 1390. The number of hydrogen-bond acceptors (Lipinski definition) is 10. The minimum absolute atomic E-state index is 0.0934. The molecule has 0 aliphatic carbocycles. The Morgan fingerprint density at radius 2 is 1.92 bits per heavy atom. The number of amides is 2. The number of rotatable bonds is 9. The molecule has 1 saturated heterocycles. The van der Waals surface area contributed by atoms with Crippen LogP contribution < -0.4 is 15.5 Å². The fraction of sp³-hybridized carbons (Fsp3) is 0.417. The Morgan fingerprint density at radius 3 is 2.58 bits per heavy atom. The van der Waals surface area contributed by atoms with Crippen LogP contribution in [0, 0.1) is 0 Å². The number of carbonyl (C=O) groups excluding carboxylic acids is 2. The molecule has 2 amide bonds. The third-order valence-corrected chi connectivity index (χ3v) is 7.49. The molecule has 0 saturated carbocycles. The minimum Gasteiger partial charge on any atom is -0.382 e. The quantitative estimate of drug-likeness (QED) is 0.399. The molecule has 12 nitrogen and oxygen atoms in total. The van der Waals surface area contributed by atoms with Gasteiger partial charge in [-0.15, -0.1) is 11.3 Å². The fourth-order valence-electron chi connectivity index (χ4n) is 4.06. The van der Waals surface area contributed by atoms with E-state index in [9.17, 15) is 18.0 Å². The smallest absolute Gasteiger partial charge is 0.253 e. The molecular weight excluding hydrogens is 532 g/mol. The van der Waals surface area contributed by atoms with E-state index in [-0.39, 0.29) is 24.4 Å². The van der Waals surface area contributed by atoms with E-state index in [2.05, 4.69) is 20.5 Å². The number of morpholine rings is 1. The highest BCUT2D eigenvalue weighted by molar-refractivity contribution is 7.89. The predicted octanol–water partition coefficient (Wildman–Crippen LogP) is 1.81. The highest BCUT2D eigenvalue weighted by Crippen LogP contribution is 2.26. The van der Waals surface area contributed by atoms with E-state index in [1.54, 1.807) is 5.38 Å². The van der Waals surface area contributed by atoms with Crippen LogP contribution in [0.5, 0.6) is 0 Å². The average Bonchev–Trinajstić information content (AvgIpc) is 3.53. The summed E-state index contributed by atoms with van der Waals surface area (Å²) in [5.41, 5.74) is 1.37. The van der Waals surface area contributed by atoms with Crippen molar-refractivity contribution in [2.24, 2.45) is 0 Å². The summed E-state index contributed by atoms with van der Waals surface area (Å²) in [6, 6.07) is 6.04. The van der Waals surface area contributed by atoms with Gasteiger partial charge in [0.05, 0.1) is 36.3 Å². The second-order valence-electron chi connectivity index (χ2n) is 9.04. The van der Waals surface area contributed by atoms with Crippen molar-refractivity contribution in [2.75, 3.05) is 43.3 Å². The SMILES string of the molecule is COCC(NC(=O)c1ccn(S(C)(=O)=O)c1)C(=O)Nc1nc(-c2cccc(N3CC(C)OC(C)C3)n2)cs1. The van der Waals surface area contributed by atoms with Crippen molar-refractivity contribution in [3.05, 3.63) is 47.6 Å². The van der Waals surface area contributed by atoms with Gasteiger partial charge in [-0.05, 0) is 32.0 Å². The predicted molar refractivity (Wildman–Crippen MR) is 144 cm³/mol. The molecule has 4 heterocycles. The number of thiazole rings is 1. The maximum atomic E-state index is 12.9. The lowest BCUT2D eigenvalue weighted by Crippen LogP contribution is -2.46. The van der Waals surface area contributed by atoms with Crippen molar-refractivity contribution < 1.29 is 27.5 Å². The van der Waals surface area contributed by atoms with Crippen LogP contribution >= 0.6 is 11.3 Å². The molecule has 0 spiro atoms. The van der Waals surface area contributed by atoms with E-state index in [0.717, 1.165) is 29.1 Å². The molecule has 2 N–H and O–H groups in total. The maximum absolute atomic E-state index is 12.9. The summed E-state index contributed by atoms with van der Waals surface area (Å²) in [6.45, 7) is 5.46. The van der Waals surface area contributed by atoms with Crippen molar-refractivity contribution in [3.8, 4) is 11.4 Å². The number of nitrogens with zero attached hydrogens (tertiary/aromatic N) is 4. The summed E-state index contributed by atoms with van der Waals surface area (Å²) in [7, 11) is -2.13. The van der Waals surface area contributed by atoms with Gasteiger partial charge < -0.3 is 25.0 Å². The molecule has 204 valence electrons. The van der Waals surface area contributed by atoms with Gasteiger partial charge in [-0.1, -0.05) is 6.07 Å². The third-order valence-electron chi connectivity index (χ3n) is 5.74. The van der Waals surface area contributed by atoms with Crippen LogP contribution in [0.4, 0.5) is 10.9 Å². The highest BCUT2D eigenvalue weighted by atomic mass is 32.2. The van der Waals surface area contributed by atoms with Crippen molar-refractivity contribution in [2.45, 2.75) is 32.1 Å². The summed E-state index contributed by atoms with van der Waals surface area (Å²) in [6.07, 6.45) is 3.67. The summed E-state index contributed by atoms with van der Waals surface area (Å²) < 4.78 is 35.2. The van der Waals surface area contributed by atoms with Gasteiger partial charge in [0, 0.05) is 38.0 Å². The number of methoxy groups -OCH3 is 1. The number of anilines is 2. The van der Waals surface area contributed by atoms with Gasteiger partial charge in [0.15, 0.2) is 5.13 Å². The number of aromatic nitrogens is 3. The fourth-order valence-corrected chi connectivity index (χ4v) is 5.35. The average molecular weight is 563 g/mol. The second kappa shape index (κ2) is 11.6. The standard InChI is InChI=1S/C24H30N6O6S2/c1-15-10-29(11-16(2)36-15)21-7-5-6-18(25-21)20-14-37-24(27-20)28-23(32)19(13-35-3)26-22(31)17-8-9-30(12-17)38(4,33)34/h5-9,12,14-16,19H,10-11,13H2,1-4H3,(H,26,31)(H,27,28,32). The van der Waals surface area contributed by atoms with Crippen LogP contribution in [0.1, 0.15) is 24.2 Å². The Hall–Kier alpha value is -3.33. The molecule has 3 unspecified atom stereocenters. The van der Waals surface area contributed by atoms with Crippen LogP contribution in [0.2, 0.25) is 0 Å². The van der Waals surface area contributed by atoms with E-state index in [0.29, 0.717) is 16.5 Å². The van der Waals surface area contributed by atoms with Crippen molar-refractivity contribution in [1.29, 1.82) is 0 Å². The van der Waals surface area contributed by atoms with Crippen LogP contribution in [0.25, 0.3) is 11.4 Å². The molecule has 0 radical (unpaired) electrons. The van der Waals surface area contributed by atoms with Gasteiger partial charge in [-0.3, -0.25) is 13.6 Å². The summed E-state index contributed by atoms with van der Waals surface area (Å²) in [5.74, 6) is -0.311. The highest BCUT2D eigenvalue weighted by Gasteiger charge is 2.25. The molecule has 14 heteroatoms. The van der Waals surface area contributed by atoms with E-state index in [1.165, 1.54) is 36.9 Å². The minimum atomic E-state index is -3.53. The molecule has 3 atom stereocenters. The van der Waals surface area contributed by atoms with E-state index >= 15 is 0 Å². The van der Waals surface area contributed by atoms with Crippen LogP contribution in [-0.2, 0) is 24.3 Å². The zero-order valence-electron chi connectivity index (χ0n) is 21.4. The first-order valence-corrected chi connectivity index (χ1v) is 14.6. The Kier molecular flexibility index (Phi) is 8.45. The normalized spacial score (nSPS) is 18.7. The Labute approximate surface area is 225 Å². The molecule has 1 aliphatic heterocycles. The van der Waals surface area contributed by atoms with Gasteiger partial charge in [-0.25, -0.2) is 18.4 Å². The topological polar surface area (TPSA) is 145 Å². The van der Waals surface area contributed by atoms with E-state index in [4.69, 9.17) is 14.5 Å². The molecule has 0 bridgehead atoms. The van der Waals surface area contributed by atoms with Crippen LogP contribution in [-0.4, -0.2) is 85.5 Å². The Morgan fingerprint density at radius 1 is 1.18 bits per heavy atom. The first-order chi connectivity index (χ1) is 18.0. The molecule has 0 aromatic carbocycles. The zero-order valence-corrected chi connectivity index (χ0v) is 23.1. The van der Waals surface area contributed by atoms with Gasteiger partial charge in [-0.2, -0.15) is 0 Å². The largest absolute Gasteiger partial charge is 0.382 e. The molecule has 1 aliphatic rings. The van der Waals surface area contributed by atoms with Crippen LogP contribution in [0.15, 0.2) is 42.0 Å². The number of carbonyl (C=O) groups is 2. The Balaban J connectivity index is 1.43. The first-order valence-electron chi connectivity index (χ1n) is 11.9. The summed E-state index contributed by atoms with van der Waals surface area (Å²) >= 11 is 1.23. The third kappa shape index (κ3) is 6.75. The molecule has 4 rings (SSSR count). The maximum Gasteiger partial charge on any atom is 0.253 e. The molecule has 3 aromatic heterocycles. The van der Waals surface area contributed by atoms with Crippen molar-refractivity contribution in [1.82, 2.24) is 19.3 Å². The molecule has 1 fully saturated rings.